The average molecular weight is 418 g/mol. The fraction of sp³-hybridized carbons (Fsp3) is 0.167. The van der Waals surface area contributed by atoms with Gasteiger partial charge in [-0.3, -0.25) is 4.79 Å². The lowest BCUT2D eigenvalue weighted by Gasteiger charge is -2.15. The normalized spacial score (nSPS) is 10.7. The summed E-state index contributed by atoms with van der Waals surface area (Å²) < 4.78 is 21.6. The number of amides is 1. The van der Waals surface area contributed by atoms with E-state index in [1.54, 1.807) is 30.5 Å². The van der Waals surface area contributed by atoms with Gasteiger partial charge in [-0.05, 0) is 37.3 Å². The summed E-state index contributed by atoms with van der Waals surface area (Å²) in [5.41, 5.74) is 3.30. The largest absolute Gasteiger partial charge is 0.493 e. The van der Waals surface area contributed by atoms with E-state index in [4.69, 9.17) is 18.6 Å². The number of carbonyl (C=O) groups excluding carboxylic acids is 1. The Balaban J connectivity index is 1.80. The van der Waals surface area contributed by atoms with Gasteiger partial charge in [0.05, 0.1) is 38.7 Å². The molecule has 1 N–H and O–H groups in total. The molecule has 7 heteroatoms. The molecule has 158 valence electrons. The number of ether oxygens (including phenoxy) is 3. The van der Waals surface area contributed by atoms with Crippen molar-refractivity contribution in [3.8, 4) is 28.7 Å². The lowest BCUT2D eigenvalue weighted by atomic mass is 10.0. The van der Waals surface area contributed by atoms with E-state index in [0.29, 0.717) is 45.5 Å². The molecular weight excluding hydrogens is 396 g/mol. The Morgan fingerprint density at radius 2 is 1.71 bits per heavy atom. The highest BCUT2D eigenvalue weighted by molar-refractivity contribution is 6.13. The molecule has 0 saturated carbocycles. The first-order chi connectivity index (χ1) is 15.0. The quantitative estimate of drug-likeness (QED) is 0.470. The molecule has 7 nitrogen and oxygen atoms in total. The Morgan fingerprint density at radius 3 is 2.32 bits per heavy atom. The zero-order valence-corrected chi connectivity index (χ0v) is 17.7. The Labute approximate surface area is 179 Å². The van der Waals surface area contributed by atoms with Gasteiger partial charge in [0.15, 0.2) is 17.3 Å². The van der Waals surface area contributed by atoms with Crippen molar-refractivity contribution >= 4 is 22.5 Å². The third kappa shape index (κ3) is 3.90. The van der Waals surface area contributed by atoms with Crippen molar-refractivity contribution in [2.75, 3.05) is 26.6 Å². The summed E-state index contributed by atoms with van der Waals surface area (Å²) in [4.78, 5) is 18.0. The second kappa shape index (κ2) is 8.39. The molecule has 2 aromatic heterocycles. The van der Waals surface area contributed by atoms with Crippen molar-refractivity contribution in [1.82, 2.24) is 4.98 Å². The standard InChI is InChI=1S/C24H22N2O5/c1-14-7-8-18-16(10-14)17(13-19(26-18)20-6-5-9-31-20)24(27)25-15-11-21(28-2)23(30-4)22(12-15)29-3/h5-13H,1-4H3,(H,25,27). The van der Waals surface area contributed by atoms with Gasteiger partial charge in [0, 0.05) is 23.2 Å². The van der Waals surface area contributed by atoms with Crippen LogP contribution in [0.15, 0.2) is 59.2 Å². The van der Waals surface area contributed by atoms with E-state index < -0.39 is 0 Å². The van der Waals surface area contributed by atoms with Gasteiger partial charge in [-0.25, -0.2) is 4.98 Å². The highest BCUT2D eigenvalue weighted by Crippen LogP contribution is 2.40. The number of aryl methyl sites for hydroxylation is 1. The zero-order valence-electron chi connectivity index (χ0n) is 17.7. The molecule has 0 unspecified atom stereocenters. The van der Waals surface area contributed by atoms with Crippen LogP contribution in [0.25, 0.3) is 22.4 Å². The Hall–Kier alpha value is -4.00. The van der Waals surface area contributed by atoms with Crippen molar-refractivity contribution in [3.05, 3.63) is 65.9 Å². The number of aromatic nitrogens is 1. The fourth-order valence-electron chi connectivity index (χ4n) is 3.43. The zero-order chi connectivity index (χ0) is 22.0. The number of fused-ring (bicyclic) bond motifs is 1. The summed E-state index contributed by atoms with van der Waals surface area (Å²) in [7, 11) is 4.58. The molecule has 31 heavy (non-hydrogen) atoms. The predicted molar refractivity (Wildman–Crippen MR) is 118 cm³/mol. The topological polar surface area (TPSA) is 82.8 Å². The van der Waals surface area contributed by atoms with Crippen LogP contribution in [0.4, 0.5) is 5.69 Å². The van der Waals surface area contributed by atoms with Gasteiger partial charge >= 0.3 is 0 Å². The van der Waals surface area contributed by atoms with Gasteiger partial charge in [0.25, 0.3) is 5.91 Å². The van der Waals surface area contributed by atoms with E-state index in [1.807, 2.05) is 31.2 Å². The van der Waals surface area contributed by atoms with Crippen LogP contribution in [-0.4, -0.2) is 32.2 Å². The molecule has 0 aliphatic carbocycles. The number of nitrogens with zero attached hydrogens (tertiary/aromatic N) is 1. The summed E-state index contributed by atoms with van der Waals surface area (Å²) in [6, 6.07) is 14.5. The first-order valence-corrected chi connectivity index (χ1v) is 9.60. The number of rotatable bonds is 6. The number of benzene rings is 2. The molecule has 0 saturated heterocycles. The maximum atomic E-state index is 13.3. The molecule has 4 rings (SSSR count). The molecule has 2 aromatic carbocycles. The highest BCUT2D eigenvalue weighted by atomic mass is 16.5. The number of anilines is 1. The van der Waals surface area contributed by atoms with Crippen LogP contribution in [0.3, 0.4) is 0 Å². The average Bonchev–Trinajstić information content (AvgIpc) is 3.32. The minimum Gasteiger partial charge on any atom is -0.493 e. The van der Waals surface area contributed by atoms with E-state index in [1.165, 1.54) is 21.3 Å². The molecule has 1 amide bonds. The lowest BCUT2D eigenvalue weighted by molar-refractivity contribution is 0.102. The maximum Gasteiger partial charge on any atom is 0.256 e. The number of pyridine rings is 1. The number of hydrogen-bond donors (Lipinski definition) is 1. The molecule has 0 fully saturated rings. The number of carbonyl (C=O) groups is 1. The van der Waals surface area contributed by atoms with Crippen LogP contribution in [0, 0.1) is 6.92 Å². The van der Waals surface area contributed by atoms with Crippen molar-refractivity contribution < 1.29 is 23.4 Å². The van der Waals surface area contributed by atoms with Crippen LogP contribution in [0.5, 0.6) is 17.2 Å². The van der Waals surface area contributed by atoms with E-state index in [0.717, 1.165) is 10.9 Å². The number of hydrogen-bond acceptors (Lipinski definition) is 6. The van der Waals surface area contributed by atoms with Gasteiger partial charge in [-0.15, -0.1) is 0 Å². The number of furan rings is 1. The lowest BCUT2D eigenvalue weighted by Crippen LogP contribution is -2.13. The van der Waals surface area contributed by atoms with Crippen LogP contribution < -0.4 is 19.5 Å². The fourth-order valence-corrected chi connectivity index (χ4v) is 3.43. The van der Waals surface area contributed by atoms with Crippen molar-refractivity contribution in [2.45, 2.75) is 6.92 Å². The molecule has 0 aliphatic rings. The third-order valence-corrected chi connectivity index (χ3v) is 4.91. The molecule has 0 bridgehead atoms. The predicted octanol–water partition coefficient (Wildman–Crippen LogP) is 5.08. The minimum atomic E-state index is -0.292. The van der Waals surface area contributed by atoms with Gasteiger partial charge in [-0.1, -0.05) is 11.6 Å². The van der Waals surface area contributed by atoms with Crippen LogP contribution in [0.2, 0.25) is 0 Å². The second-order valence-corrected chi connectivity index (χ2v) is 6.92. The SMILES string of the molecule is COc1cc(NC(=O)c2cc(-c3ccco3)nc3ccc(C)cc23)cc(OC)c1OC. The first kappa shape index (κ1) is 20.3. The maximum absolute atomic E-state index is 13.3. The van der Waals surface area contributed by atoms with Crippen LogP contribution in [-0.2, 0) is 0 Å². The highest BCUT2D eigenvalue weighted by Gasteiger charge is 2.18. The van der Waals surface area contributed by atoms with E-state index in [9.17, 15) is 4.79 Å². The Morgan fingerprint density at radius 1 is 0.968 bits per heavy atom. The molecule has 0 aliphatic heterocycles. The Bertz CT molecular complexity index is 1220. The minimum absolute atomic E-state index is 0.292. The first-order valence-electron chi connectivity index (χ1n) is 9.60. The summed E-state index contributed by atoms with van der Waals surface area (Å²) in [5, 5.41) is 3.68. The van der Waals surface area contributed by atoms with Gasteiger partial charge in [0.1, 0.15) is 5.69 Å². The van der Waals surface area contributed by atoms with Crippen molar-refractivity contribution in [2.24, 2.45) is 0 Å². The molecule has 4 aromatic rings. The van der Waals surface area contributed by atoms with Gasteiger partial charge in [0.2, 0.25) is 5.75 Å². The van der Waals surface area contributed by atoms with Crippen molar-refractivity contribution in [3.63, 3.8) is 0 Å². The van der Waals surface area contributed by atoms with E-state index in [2.05, 4.69) is 10.3 Å². The number of nitrogens with one attached hydrogen (secondary N) is 1. The van der Waals surface area contributed by atoms with Gasteiger partial charge < -0.3 is 23.9 Å². The van der Waals surface area contributed by atoms with Crippen molar-refractivity contribution in [1.29, 1.82) is 0 Å². The molecule has 2 heterocycles. The van der Waals surface area contributed by atoms with Crippen LogP contribution >= 0.6 is 0 Å². The Kier molecular flexibility index (Phi) is 5.49. The molecule has 0 spiro atoms. The number of methoxy groups -OCH3 is 3. The van der Waals surface area contributed by atoms with Gasteiger partial charge in [-0.2, -0.15) is 0 Å². The second-order valence-electron chi connectivity index (χ2n) is 6.92. The molecule has 0 atom stereocenters. The molecule has 0 radical (unpaired) electrons. The molecular formula is C24H22N2O5. The monoisotopic (exact) mass is 418 g/mol. The summed E-state index contributed by atoms with van der Waals surface area (Å²) in [5.74, 6) is 1.64. The summed E-state index contributed by atoms with van der Waals surface area (Å²) in [6.07, 6.45) is 1.58. The van der Waals surface area contributed by atoms with Crippen LogP contribution in [0.1, 0.15) is 15.9 Å². The smallest absolute Gasteiger partial charge is 0.256 e. The van der Waals surface area contributed by atoms with E-state index in [-0.39, 0.29) is 5.91 Å². The summed E-state index contributed by atoms with van der Waals surface area (Å²) in [6.45, 7) is 1.97. The third-order valence-electron chi connectivity index (χ3n) is 4.91. The summed E-state index contributed by atoms with van der Waals surface area (Å²) >= 11 is 0. The van der Waals surface area contributed by atoms with E-state index >= 15 is 0 Å².